The molecule has 1 aromatic heterocycles. The van der Waals surface area contributed by atoms with Gasteiger partial charge in [0, 0.05) is 25.5 Å². The third-order valence-corrected chi connectivity index (χ3v) is 4.56. The summed E-state index contributed by atoms with van der Waals surface area (Å²) in [6.45, 7) is 1.08. The van der Waals surface area contributed by atoms with Crippen molar-refractivity contribution in [2.45, 2.75) is 24.8 Å². The number of nitrogens with zero attached hydrogens (tertiary/aromatic N) is 3. The summed E-state index contributed by atoms with van der Waals surface area (Å²) in [4.78, 5) is 25.9. The molecule has 1 aliphatic rings. The second-order valence-corrected chi connectivity index (χ2v) is 5.84. The molecule has 1 aliphatic heterocycles. The zero-order valence-electron chi connectivity index (χ0n) is 12.8. The fourth-order valence-corrected chi connectivity index (χ4v) is 3.15. The van der Waals surface area contributed by atoms with E-state index in [-0.39, 0.29) is 12.5 Å². The monoisotopic (exact) mass is 313 g/mol. The van der Waals surface area contributed by atoms with E-state index in [1.807, 2.05) is 30.3 Å². The smallest absolute Gasteiger partial charge is 0.314 e. The van der Waals surface area contributed by atoms with Gasteiger partial charge >= 0.3 is 5.97 Å². The van der Waals surface area contributed by atoms with E-state index in [4.69, 9.17) is 0 Å². The van der Waals surface area contributed by atoms with E-state index >= 15 is 0 Å². The molecule has 1 N–H and O–H groups in total. The number of carbonyl (C=O) groups excluding carboxylic acids is 1. The maximum absolute atomic E-state index is 12.3. The van der Waals surface area contributed by atoms with Gasteiger partial charge in [-0.3, -0.25) is 14.3 Å². The Hall–Kier alpha value is -2.63. The molecule has 6 heteroatoms. The van der Waals surface area contributed by atoms with Gasteiger partial charge in [0.1, 0.15) is 6.54 Å². The number of rotatable bonds is 4. The third kappa shape index (κ3) is 2.97. The first-order chi connectivity index (χ1) is 11.1. The molecule has 120 valence electrons. The molecule has 0 radical (unpaired) electrons. The van der Waals surface area contributed by atoms with Crippen LogP contribution in [-0.2, 0) is 21.5 Å². The number of piperidine rings is 1. The van der Waals surface area contributed by atoms with Gasteiger partial charge in [0.2, 0.25) is 5.91 Å². The minimum atomic E-state index is -0.899. The summed E-state index contributed by atoms with van der Waals surface area (Å²) < 4.78 is 1.58. The second kappa shape index (κ2) is 6.24. The van der Waals surface area contributed by atoms with Crippen LogP contribution in [0.15, 0.2) is 48.8 Å². The normalized spacial score (nSPS) is 17.0. The lowest BCUT2D eigenvalue weighted by atomic mass is 9.73. The molecular weight excluding hydrogens is 294 g/mol. The number of carbonyl (C=O) groups is 2. The molecule has 0 aliphatic carbocycles. The maximum Gasteiger partial charge on any atom is 0.314 e. The lowest BCUT2D eigenvalue weighted by Gasteiger charge is -2.39. The van der Waals surface area contributed by atoms with E-state index in [1.54, 1.807) is 28.0 Å². The Balaban J connectivity index is 1.70. The van der Waals surface area contributed by atoms with Crippen molar-refractivity contribution in [3.63, 3.8) is 0 Å². The number of hydrogen-bond acceptors (Lipinski definition) is 3. The largest absolute Gasteiger partial charge is 0.481 e. The van der Waals surface area contributed by atoms with E-state index in [2.05, 4.69) is 5.10 Å². The van der Waals surface area contributed by atoms with Gasteiger partial charge in [-0.15, -0.1) is 0 Å². The molecular formula is C17H19N3O3. The van der Waals surface area contributed by atoms with E-state index in [0.29, 0.717) is 25.9 Å². The molecule has 1 fully saturated rings. The van der Waals surface area contributed by atoms with Gasteiger partial charge in [-0.25, -0.2) is 0 Å². The molecule has 23 heavy (non-hydrogen) atoms. The second-order valence-electron chi connectivity index (χ2n) is 5.84. The van der Waals surface area contributed by atoms with Crippen LogP contribution < -0.4 is 0 Å². The van der Waals surface area contributed by atoms with E-state index in [9.17, 15) is 14.7 Å². The van der Waals surface area contributed by atoms with Crippen LogP contribution in [0.5, 0.6) is 0 Å². The topological polar surface area (TPSA) is 75.4 Å². The highest BCUT2D eigenvalue weighted by molar-refractivity contribution is 5.82. The Morgan fingerprint density at radius 1 is 1.13 bits per heavy atom. The van der Waals surface area contributed by atoms with Gasteiger partial charge < -0.3 is 10.0 Å². The first kappa shape index (κ1) is 15.3. The summed E-state index contributed by atoms with van der Waals surface area (Å²) >= 11 is 0. The summed E-state index contributed by atoms with van der Waals surface area (Å²) in [7, 11) is 0. The fourth-order valence-electron chi connectivity index (χ4n) is 3.15. The van der Waals surface area contributed by atoms with Crippen LogP contribution in [0.1, 0.15) is 18.4 Å². The Bertz CT molecular complexity index is 674. The minimum absolute atomic E-state index is 0.0271. The summed E-state index contributed by atoms with van der Waals surface area (Å²) in [5.74, 6) is -0.844. The van der Waals surface area contributed by atoms with E-state index in [0.717, 1.165) is 5.56 Å². The summed E-state index contributed by atoms with van der Waals surface area (Å²) in [5, 5.41) is 13.8. The van der Waals surface area contributed by atoms with Crippen molar-refractivity contribution in [1.29, 1.82) is 0 Å². The molecule has 1 amide bonds. The molecule has 0 saturated carbocycles. The lowest BCUT2D eigenvalue weighted by molar-refractivity contribution is -0.148. The predicted molar refractivity (Wildman–Crippen MR) is 83.8 cm³/mol. The molecule has 1 saturated heterocycles. The molecule has 0 bridgehead atoms. The molecule has 1 aromatic carbocycles. The molecule has 3 rings (SSSR count). The van der Waals surface area contributed by atoms with Crippen molar-refractivity contribution < 1.29 is 14.7 Å². The zero-order chi connectivity index (χ0) is 16.3. The quantitative estimate of drug-likeness (QED) is 0.929. The van der Waals surface area contributed by atoms with Gasteiger partial charge in [0.15, 0.2) is 0 Å². The number of carboxylic acids is 1. The highest BCUT2D eigenvalue weighted by atomic mass is 16.4. The Labute approximate surface area is 134 Å². The number of benzene rings is 1. The summed E-state index contributed by atoms with van der Waals surface area (Å²) in [5.41, 5.74) is -0.0873. The Kier molecular flexibility index (Phi) is 4.14. The average molecular weight is 313 g/mol. The van der Waals surface area contributed by atoms with Crippen molar-refractivity contribution in [2.75, 3.05) is 13.1 Å². The molecule has 0 spiro atoms. The molecule has 6 nitrogen and oxygen atoms in total. The zero-order valence-corrected chi connectivity index (χ0v) is 12.8. The number of amides is 1. The minimum Gasteiger partial charge on any atom is -0.481 e. The number of aromatic nitrogens is 2. The van der Waals surface area contributed by atoms with Gasteiger partial charge in [0.05, 0.1) is 5.41 Å². The molecule has 0 unspecified atom stereocenters. The van der Waals surface area contributed by atoms with Crippen molar-refractivity contribution >= 4 is 11.9 Å². The van der Waals surface area contributed by atoms with Crippen molar-refractivity contribution in [2.24, 2.45) is 0 Å². The molecule has 0 atom stereocenters. The molecule has 2 heterocycles. The van der Waals surface area contributed by atoms with Crippen molar-refractivity contribution in [1.82, 2.24) is 14.7 Å². The number of likely N-dealkylation sites (tertiary alicyclic amines) is 1. The SMILES string of the molecule is O=C(Cn1cccn1)N1CCC(C(=O)O)(c2ccccc2)CC1. The van der Waals surface area contributed by atoms with Crippen molar-refractivity contribution in [3.8, 4) is 0 Å². The van der Waals surface area contributed by atoms with Crippen molar-refractivity contribution in [3.05, 3.63) is 54.4 Å². The van der Waals surface area contributed by atoms with E-state index < -0.39 is 11.4 Å². The number of aliphatic carboxylic acids is 1. The van der Waals surface area contributed by atoms with Gasteiger partial charge in [-0.05, 0) is 24.5 Å². The van der Waals surface area contributed by atoms with Gasteiger partial charge in [0.25, 0.3) is 0 Å². The summed E-state index contributed by atoms with van der Waals surface area (Å²) in [6, 6.07) is 11.1. The lowest BCUT2D eigenvalue weighted by Crippen LogP contribution is -2.49. The molecule has 2 aromatic rings. The van der Waals surface area contributed by atoms with Crippen LogP contribution in [0, 0.1) is 0 Å². The Morgan fingerprint density at radius 2 is 1.83 bits per heavy atom. The average Bonchev–Trinajstić information content (AvgIpc) is 3.08. The first-order valence-electron chi connectivity index (χ1n) is 7.66. The standard InChI is InChI=1S/C17H19N3O3/c21-15(13-20-10-4-9-18-20)19-11-7-17(8-12-19,16(22)23)14-5-2-1-3-6-14/h1-6,9-10H,7-8,11-13H2,(H,22,23). The van der Waals surface area contributed by atoms with Crippen LogP contribution >= 0.6 is 0 Å². The highest BCUT2D eigenvalue weighted by Crippen LogP contribution is 2.35. The number of hydrogen-bond donors (Lipinski definition) is 1. The van der Waals surface area contributed by atoms with Crippen LogP contribution in [0.4, 0.5) is 0 Å². The van der Waals surface area contributed by atoms with Gasteiger partial charge in [-0.2, -0.15) is 5.10 Å². The number of carboxylic acid groups (broad SMARTS) is 1. The summed E-state index contributed by atoms with van der Waals surface area (Å²) in [6.07, 6.45) is 4.23. The van der Waals surface area contributed by atoms with Crippen LogP contribution in [0.3, 0.4) is 0 Å². The maximum atomic E-state index is 12.3. The fraction of sp³-hybridized carbons (Fsp3) is 0.353. The highest BCUT2D eigenvalue weighted by Gasteiger charge is 2.43. The Morgan fingerprint density at radius 3 is 2.39 bits per heavy atom. The predicted octanol–water partition coefficient (Wildman–Crippen LogP) is 1.53. The van der Waals surface area contributed by atoms with Crippen LogP contribution in [0.25, 0.3) is 0 Å². The van der Waals surface area contributed by atoms with Crippen LogP contribution in [0.2, 0.25) is 0 Å². The van der Waals surface area contributed by atoms with Gasteiger partial charge in [-0.1, -0.05) is 30.3 Å². The van der Waals surface area contributed by atoms with E-state index in [1.165, 1.54) is 0 Å². The third-order valence-electron chi connectivity index (χ3n) is 4.56. The van der Waals surface area contributed by atoms with Crippen LogP contribution in [-0.4, -0.2) is 44.8 Å². The first-order valence-corrected chi connectivity index (χ1v) is 7.66.